The van der Waals surface area contributed by atoms with Gasteiger partial charge in [0.15, 0.2) is 0 Å². The Kier molecular flexibility index (Phi) is 2.96. The molecule has 0 amide bonds. The van der Waals surface area contributed by atoms with E-state index in [0.717, 1.165) is 12.2 Å². The molecule has 1 aromatic carbocycles. The fraction of sp³-hybridized carbons (Fsp3) is 0.600. The maximum atomic E-state index is 5.98. The average molecular weight is 218 g/mol. The number of hydrogen-bond acceptors (Lipinski definition) is 1. The van der Waals surface area contributed by atoms with Crippen molar-refractivity contribution in [1.82, 2.24) is 0 Å². The highest BCUT2D eigenvalue weighted by atomic mass is 16.5. The Morgan fingerprint density at radius 1 is 1.25 bits per heavy atom. The molecule has 0 atom stereocenters. The highest BCUT2D eigenvalue weighted by Gasteiger charge is 2.26. The largest absolute Gasteiger partial charge is 0.490 e. The van der Waals surface area contributed by atoms with E-state index in [9.17, 15) is 0 Å². The molecule has 0 heterocycles. The normalized spacial score (nSPS) is 16.2. The molecule has 0 aromatic heterocycles. The zero-order valence-corrected chi connectivity index (χ0v) is 10.8. The second-order valence-electron chi connectivity index (χ2n) is 5.70. The summed E-state index contributed by atoms with van der Waals surface area (Å²) >= 11 is 0. The van der Waals surface area contributed by atoms with Crippen LogP contribution < -0.4 is 4.74 Å². The van der Waals surface area contributed by atoms with E-state index >= 15 is 0 Å². The fourth-order valence-electron chi connectivity index (χ4n) is 2.11. The molecule has 1 aliphatic rings. The standard InChI is InChI=1S/C15H22O/c1-5-12-13(15(2,3)4)7-6-8-14(12)16-11-9-10-11/h6-8,11H,5,9-10H2,1-4H3. The van der Waals surface area contributed by atoms with Crippen molar-refractivity contribution in [3.63, 3.8) is 0 Å². The third-order valence-corrected chi connectivity index (χ3v) is 3.11. The molecule has 1 aliphatic carbocycles. The topological polar surface area (TPSA) is 9.23 Å². The summed E-state index contributed by atoms with van der Waals surface area (Å²) in [5, 5.41) is 0. The summed E-state index contributed by atoms with van der Waals surface area (Å²) in [6, 6.07) is 6.47. The Balaban J connectivity index is 2.37. The summed E-state index contributed by atoms with van der Waals surface area (Å²) in [4.78, 5) is 0. The van der Waals surface area contributed by atoms with Crippen LogP contribution in [-0.2, 0) is 11.8 Å². The van der Waals surface area contributed by atoms with Crippen molar-refractivity contribution in [1.29, 1.82) is 0 Å². The first-order chi connectivity index (χ1) is 7.52. The molecule has 0 unspecified atom stereocenters. The van der Waals surface area contributed by atoms with Gasteiger partial charge in [-0.2, -0.15) is 0 Å². The zero-order valence-electron chi connectivity index (χ0n) is 10.8. The molecule has 2 rings (SSSR count). The maximum Gasteiger partial charge on any atom is 0.123 e. The first-order valence-electron chi connectivity index (χ1n) is 6.31. The quantitative estimate of drug-likeness (QED) is 0.742. The molecule has 0 spiro atoms. The van der Waals surface area contributed by atoms with Gasteiger partial charge in [0, 0.05) is 0 Å². The van der Waals surface area contributed by atoms with Gasteiger partial charge >= 0.3 is 0 Å². The van der Waals surface area contributed by atoms with Crippen LogP contribution >= 0.6 is 0 Å². The SMILES string of the molecule is CCc1c(OC2CC2)cccc1C(C)(C)C. The van der Waals surface area contributed by atoms with Crippen LogP contribution in [0.4, 0.5) is 0 Å². The first kappa shape index (κ1) is 11.5. The van der Waals surface area contributed by atoms with E-state index in [4.69, 9.17) is 4.74 Å². The van der Waals surface area contributed by atoms with Crippen LogP contribution in [0, 0.1) is 0 Å². The average Bonchev–Trinajstić information content (AvgIpc) is 3.00. The summed E-state index contributed by atoms with van der Waals surface area (Å²) in [5.41, 5.74) is 3.02. The van der Waals surface area contributed by atoms with Gasteiger partial charge in [0.1, 0.15) is 5.75 Å². The van der Waals surface area contributed by atoms with Crippen molar-refractivity contribution in [2.24, 2.45) is 0 Å². The van der Waals surface area contributed by atoms with E-state index in [1.807, 2.05) is 0 Å². The van der Waals surface area contributed by atoms with Gasteiger partial charge in [-0.25, -0.2) is 0 Å². The minimum absolute atomic E-state index is 0.203. The lowest BCUT2D eigenvalue weighted by Crippen LogP contribution is -2.15. The van der Waals surface area contributed by atoms with Crippen molar-refractivity contribution in [3.8, 4) is 5.75 Å². The van der Waals surface area contributed by atoms with E-state index < -0.39 is 0 Å². The van der Waals surface area contributed by atoms with Gasteiger partial charge in [-0.3, -0.25) is 0 Å². The highest BCUT2D eigenvalue weighted by Crippen LogP contribution is 2.35. The second-order valence-corrected chi connectivity index (χ2v) is 5.70. The first-order valence-corrected chi connectivity index (χ1v) is 6.31. The summed E-state index contributed by atoms with van der Waals surface area (Å²) in [6.45, 7) is 9.01. The van der Waals surface area contributed by atoms with Gasteiger partial charge in [0.25, 0.3) is 0 Å². The molecule has 1 heteroatoms. The van der Waals surface area contributed by atoms with E-state index in [2.05, 4.69) is 45.9 Å². The van der Waals surface area contributed by atoms with Crippen molar-refractivity contribution in [2.75, 3.05) is 0 Å². The lowest BCUT2D eigenvalue weighted by atomic mass is 9.83. The van der Waals surface area contributed by atoms with Crippen LogP contribution in [0.3, 0.4) is 0 Å². The molecular weight excluding hydrogens is 196 g/mol. The summed E-state index contributed by atoms with van der Waals surface area (Å²) in [6.07, 6.45) is 3.99. The molecule has 0 saturated heterocycles. The van der Waals surface area contributed by atoms with E-state index in [1.54, 1.807) is 0 Å². The Morgan fingerprint density at radius 3 is 2.44 bits per heavy atom. The number of benzene rings is 1. The predicted molar refractivity (Wildman–Crippen MR) is 68.2 cm³/mol. The molecule has 0 aliphatic heterocycles. The van der Waals surface area contributed by atoms with Crippen LogP contribution in [0.25, 0.3) is 0 Å². The molecule has 0 N–H and O–H groups in total. The van der Waals surface area contributed by atoms with Gasteiger partial charge in [-0.15, -0.1) is 0 Å². The lowest BCUT2D eigenvalue weighted by molar-refractivity contribution is 0.299. The van der Waals surface area contributed by atoms with Crippen molar-refractivity contribution in [3.05, 3.63) is 29.3 Å². The number of ether oxygens (including phenoxy) is 1. The predicted octanol–water partition coefficient (Wildman–Crippen LogP) is 4.09. The van der Waals surface area contributed by atoms with Gasteiger partial charge in [0.2, 0.25) is 0 Å². The molecule has 1 saturated carbocycles. The Labute approximate surface area is 98.8 Å². The van der Waals surface area contributed by atoms with Gasteiger partial charge in [-0.1, -0.05) is 39.8 Å². The molecule has 0 bridgehead atoms. The molecular formula is C15H22O. The fourth-order valence-corrected chi connectivity index (χ4v) is 2.11. The Bertz CT molecular complexity index is 370. The Morgan fingerprint density at radius 2 is 1.94 bits per heavy atom. The summed E-state index contributed by atoms with van der Waals surface area (Å²) in [7, 11) is 0. The number of hydrogen-bond donors (Lipinski definition) is 0. The van der Waals surface area contributed by atoms with Gasteiger partial charge in [-0.05, 0) is 41.9 Å². The van der Waals surface area contributed by atoms with Crippen LogP contribution in [0.2, 0.25) is 0 Å². The smallest absolute Gasteiger partial charge is 0.123 e. The van der Waals surface area contributed by atoms with Crippen LogP contribution in [0.15, 0.2) is 18.2 Å². The zero-order chi connectivity index (χ0) is 11.8. The molecule has 0 radical (unpaired) electrons. The van der Waals surface area contributed by atoms with E-state index in [0.29, 0.717) is 6.10 Å². The van der Waals surface area contributed by atoms with Crippen molar-refractivity contribution >= 4 is 0 Å². The number of rotatable bonds is 3. The minimum atomic E-state index is 0.203. The van der Waals surface area contributed by atoms with Crippen molar-refractivity contribution < 1.29 is 4.74 Å². The summed E-state index contributed by atoms with van der Waals surface area (Å²) in [5.74, 6) is 1.11. The van der Waals surface area contributed by atoms with E-state index in [1.165, 1.54) is 24.0 Å². The lowest BCUT2D eigenvalue weighted by Gasteiger charge is -2.24. The second kappa shape index (κ2) is 4.12. The highest BCUT2D eigenvalue weighted by molar-refractivity contribution is 5.43. The van der Waals surface area contributed by atoms with Crippen LogP contribution in [0.1, 0.15) is 51.7 Å². The van der Waals surface area contributed by atoms with Crippen molar-refractivity contribution in [2.45, 2.75) is 58.5 Å². The minimum Gasteiger partial charge on any atom is -0.490 e. The maximum absolute atomic E-state index is 5.98. The molecule has 1 nitrogen and oxygen atoms in total. The molecule has 1 aromatic rings. The van der Waals surface area contributed by atoms with E-state index in [-0.39, 0.29) is 5.41 Å². The summed E-state index contributed by atoms with van der Waals surface area (Å²) < 4.78 is 5.98. The molecule has 1 fully saturated rings. The third kappa shape index (κ3) is 2.40. The van der Waals surface area contributed by atoms with Gasteiger partial charge < -0.3 is 4.74 Å². The molecule has 88 valence electrons. The monoisotopic (exact) mass is 218 g/mol. The van der Waals surface area contributed by atoms with Gasteiger partial charge in [0.05, 0.1) is 6.10 Å². The van der Waals surface area contributed by atoms with Crippen LogP contribution in [0.5, 0.6) is 5.75 Å². The molecule has 16 heavy (non-hydrogen) atoms. The third-order valence-electron chi connectivity index (χ3n) is 3.11. The Hall–Kier alpha value is -0.980. The van der Waals surface area contributed by atoms with Crippen LogP contribution in [-0.4, -0.2) is 6.10 Å².